The van der Waals surface area contributed by atoms with Crippen LogP contribution in [0.25, 0.3) is 0 Å². The Morgan fingerprint density at radius 1 is 1.35 bits per heavy atom. The van der Waals surface area contributed by atoms with Crippen LogP contribution in [0.4, 0.5) is 13.2 Å². The zero-order chi connectivity index (χ0) is 13.2. The molecule has 2 N–H and O–H groups in total. The van der Waals surface area contributed by atoms with Gasteiger partial charge < -0.3 is 10.4 Å². The summed E-state index contributed by atoms with van der Waals surface area (Å²) in [4.78, 5) is 11.4. The summed E-state index contributed by atoms with van der Waals surface area (Å²) < 4.78 is 38.9. The van der Waals surface area contributed by atoms with Gasteiger partial charge in [-0.15, -0.1) is 0 Å². The number of hydrogen-bond donors (Lipinski definition) is 2. The van der Waals surface area contributed by atoms with Gasteiger partial charge in [-0.1, -0.05) is 13.8 Å². The summed E-state index contributed by atoms with van der Waals surface area (Å²) in [5, 5.41) is 11.3. The molecule has 0 heterocycles. The minimum absolute atomic E-state index is 0.126. The van der Waals surface area contributed by atoms with Gasteiger partial charge >= 0.3 is 0 Å². The summed E-state index contributed by atoms with van der Waals surface area (Å²) in [5.41, 5.74) is -0.720. The maximum absolute atomic E-state index is 13.3. The first-order valence-corrected chi connectivity index (χ1v) is 4.99. The van der Waals surface area contributed by atoms with Gasteiger partial charge in [0.15, 0.2) is 17.4 Å². The molecule has 1 amide bonds. The molecule has 0 saturated heterocycles. The Morgan fingerprint density at radius 3 is 2.47 bits per heavy atom. The molecule has 3 nitrogen and oxygen atoms in total. The van der Waals surface area contributed by atoms with E-state index in [1.54, 1.807) is 0 Å². The van der Waals surface area contributed by atoms with Gasteiger partial charge in [0, 0.05) is 6.54 Å². The number of carbonyl (C=O) groups is 1. The number of rotatable bonds is 3. The predicted molar refractivity (Wildman–Crippen MR) is 55.2 cm³/mol. The van der Waals surface area contributed by atoms with E-state index >= 15 is 0 Å². The summed E-state index contributed by atoms with van der Waals surface area (Å²) in [7, 11) is 0. The molecule has 0 saturated carbocycles. The zero-order valence-electron chi connectivity index (χ0n) is 9.35. The van der Waals surface area contributed by atoms with E-state index in [9.17, 15) is 18.0 Å². The van der Waals surface area contributed by atoms with Gasteiger partial charge in [0.1, 0.15) is 0 Å². The fraction of sp³-hybridized carbons (Fsp3) is 0.364. The van der Waals surface area contributed by atoms with Crippen molar-refractivity contribution in [2.24, 2.45) is 5.92 Å². The van der Waals surface area contributed by atoms with E-state index in [4.69, 9.17) is 5.11 Å². The highest BCUT2D eigenvalue weighted by Gasteiger charge is 2.22. The molecule has 0 aliphatic heterocycles. The summed E-state index contributed by atoms with van der Waals surface area (Å²) in [6.07, 6.45) is 0. The Hall–Kier alpha value is -1.72. The van der Waals surface area contributed by atoms with Crippen molar-refractivity contribution in [1.82, 2.24) is 5.32 Å². The van der Waals surface area contributed by atoms with Crippen LogP contribution < -0.4 is 5.32 Å². The third-order valence-electron chi connectivity index (χ3n) is 2.05. The summed E-state index contributed by atoms with van der Waals surface area (Å²) in [6.45, 7) is 3.90. The van der Waals surface area contributed by atoms with Crippen molar-refractivity contribution in [1.29, 1.82) is 0 Å². The van der Waals surface area contributed by atoms with Gasteiger partial charge in [0.2, 0.25) is 5.82 Å². The van der Waals surface area contributed by atoms with Crippen LogP contribution in [-0.4, -0.2) is 17.6 Å². The van der Waals surface area contributed by atoms with E-state index in [0.717, 1.165) is 0 Å². The Morgan fingerprint density at radius 2 is 1.94 bits per heavy atom. The maximum Gasteiger partial charge on any atom is 0.254 e. The predicted octanol–water partition coefficient (Wildman–Crippen LogP) is 2.20. The Bertz CT molecular complexity index is 447. The normalized spacial score (nSPS) is 10.7. The van der Waals surface area contributed by atoms with Crippen LogP contribution in [0.15, 0.2) is 6.07 Å². The molecule has 6 heteroatoms. The third kappa shape index (κ3) is 2.89. The Labute approximate surface area is 96.3 Å². The number of phenols is 1. The van der Waals surface area contributed by atoms with Gasteiger partial charge in [-0.25, -0.2) is 8.78 Å². The van der Waals surface area contributed by atoms with Gasteiger partial charge in [0.05, 0.1) is 5.56 Å². The SMILES string of the molecule is CC(C)CNC(=O)c1cc(F)c(F)c(O)c1F. The van der Waals surface area contributed by atoms with E-state index in [1.807, 2.05) is 13.8 Å². The minimum Gasteiger partial charge on any atom is -0.503 e. The molecule has 0 spiro atoms. The number of halogens is 3. The molecule has 0 bridgehead atoms. The van der Waals surface area contributed by atoms with Gasteiger partial charge in [0.25, 0.3) is 5.91 Å². The van der Waals surface area contributed by atoms with E-state index in [0.29, 0.717) is 6.07 Å². The molecule has 1 rings (SSSR count). The van der Waals surface area contributed by atoms with Crippen molar-refractivity contribution in [2.45, 2.75) is 13.8 Å². The third-order valence-corrected chi connectivity index (χ3v) is 2.05. The highest BCUT2D eigenvalue weighted by Crippen LogP contribution is 2.25. The van der Waals surface area contributed by atoms with Crippen molar-refractivity contribution >= 4 is 5.91 Å². The molecule has 0 fully saturated rings. The summed E-state index contributed by atoms with van der Waals surface area (Å²) in [5.74, 6) is -6.90. The number of amides is 1. The largest absolute Gasteiger partial charge is 0.503 e. The molecule has 94 valence electrons. The van der Waals surface area contributed by atoms with Crippen LogP contribution in [0.3, 0.4) is 0 Å². The molecular weight excluding hydrogens is 235 g/mol. The first-order valence-electron chi connectivity index (χ1n) is 4.99. The number of carbonyl (C=O) groups excluding carboxylic acids is 1. The van der Waals surface area contributed by atoms with Crippen molar-refractivity contribution < 1.29 is 23.1 Å². The smallest absolute Gasteiger partial charge is 0.254 e. The quantitative estimate of drug-likeness (QED) is 0.804. The lowest BCUT2D eigenvalue weighted by Crippen LogP contribution is -2.28. The van der Waals surface area contributed by atoms with Gasteiger partial charge in [-0.05, 0) is 12.0 Å². The average Bonchev–Trinajstić information content (AvgIpc) is 2.28. The van der Waals surface area contributed by atoms with E-state index in [1.165, 1.54) is 0 Å². The Kier molecular flexibility index (Phi) is 3.98. The lowest BCUT2D eigenvalue weighted by molar-refractivity contribution is 0.0943. The van der Waals surface area contributed by atoms with Crippen molar-refractivity contribution in [3.63, 3.8) is 0 Å². The molecule has 0 unspecified atom stereocenters. The van der Waals surface area contributed by atoms with Crippen LogP contribution in [-0.2, 0) is 0 Å². The second-order valence-corrected chi connectivity index (χ2v) is 3.99. The highest BCUT2D eigenvalue weighted by molar-refractivity contribution is 5.94. The molecule has 0 atom stereocenters. The lowest BCUT2D eigenvalue weighted by Gasteiger charge is -2.09. The monoisotopic (exact) mass is 247 g/mol. The first-order chi connectivity index (χ1) is 7.84. The Balaban J connectivity index is 3.02. The maximum atomic E-state index is 13.3. The highest BCUT2D eigenvalue weighted by atomic mass is 19.2. The van der Waals surface area contributed by atoms with Gasteiger partial charge in [-0.3, -0.25) is 4.79 Å². The number of benzene rings is 1. The lowest BCUT2D eigenvalue weighted by atomic mass is 10.1. The van der Waals surface area contributed by atoms with Crippen LogP contribution in [0.5, 0.6) is 5.75 Å². The van der Waals surface area contributed by atoms with Crippen LogP contribution >= 0.6 is 0 Å². The standard InChI is InChI=1S/C11H12F3NO2/c1-5(2)4-15-11(17)6-3-7(12)9(14)10(16)8(6)13/h3,5,16H,4H2,1-2H3,(H,15,17). The molecule has 1 aromatic rings. The second kappa shape index (κ2) is 5.07. The molecular formula is C11H12F3NO2. The molecule has 0 aliphatic carbocycles. The van der Waals surface area contributed by atoms with E-state index in [2.05, 4.69) is 5.32 Å². The fourth-order valence-corrected chi connectivity index (χ4v) is 1.15. The van der Waals surface area contributed by atoms with Crippen molar-refractivity contribution in [3.8, 4) is 5.75 Å². The topological polar surface area (TPSA) is 49.3 Å². The van der Waals surface area contributed by atoms with Gasteiger partial charge in [-0.2, -0.15) is 4.39 Å². The summed E-state index contributed by atoms with van der Waals surface area (Å²) in [6, 6.07) is 0.417. The van der Waals surface area contributed by atoms with Crippen LogP contribution in [0.1, 0.15) is 24.2 Å². The minimum atomic E-state index is -1.71. The molecule has 0 aromatic heterocycles. The van der Waals surface area contributed by atoms with Crippen molar-refractivity contribution in [3.05, 3.63) is 29.1 Å². The molecule has 0 radical (unpaired) electrons. The number of aromatic hydroxyl groups is 1. The zero-order valence-corrected chi connectivity index (χ0v) is 9.35. The molecule has 0 aliphatic rings. The van der Waals surface area contributed by atoms with Crippen LogP contribution in [0, 0.1) is 23.4 Å². The van der Waals surface area contributed by atoms with Crippen molar-refractivity contribution in [2.75, 3.05) is 6.54 Å². The number of hydrogen-bond acceptors (Lipinski definition) is 2. The van der Waals surface area contributed by atoms with Crippen LogP contribution in [0.2, 0.25) is 0 Å². The number of nitrogens with one attached hydrogen (secondary N) is 1. The molecule has 1 aromatic carbocycles. The first kappa shape index (κ1) is 13.3. The fourth-order valence-electron chi connectivity index (χ4n) is 1.15. The second-order valence-electron chi connectivity index (χ2n) is 3.99. The number of phenolic OH excluding ortho intramolecular Hbond substituents is 1. The molecule has 17 heavy (non-hydrogen) atoms. The summed E-state index contributed by atoms with van der Waals surface area (Å²) >= 11 is 0. The van der Waals surface area contributed by atoms with E-state index < -0.39 is 34.7 Å². The average molecular weight is 247 g/mol. The van der Waals surface area contributed by atoms with E-state index in [-0.39, 0.29) is 12.5 Å².